The first-order valence-corrected chi connectivity index (χ1v) is 5.40. The highest BCUT2D eigenvalue weighted by Gasteiger charge is 2.26. The van der Waals surface area contributed by atoms with Gasteiger partial charge in [-0.1, -0.05) is 18.2 Å². The Balaban J connectivity index is 1.96. The number of carbonyl (C=O) groups excluding carboxylic acids is 1. The molecule has 86 valence electrons. The van der Waals surface area contributed by atoms with E-state index < -0.39 is 6.23 Å². The van der Waals surface area contributed by atoms with Gasteiger partial charge in [-0.25, -0.2) is 4.79 Å². The van der Waals surface area contributed by atoms with Gasteiger partial charge in [0.05, 0.1) is 5.56 Å². The van der Waals surface area contributed by atoms with E-state index in [1.165, 1.54) is 0 Å². The van der Waals surface area contributed by atoms with Gasteiger partial charge in [0.1, 0.15) is 12.3 Å². The lowest BCUT2D eigenvalue weighted by Crippen LogP contribution is -2.43. The van der Waals surface area contributed by atoms with Gasteiger partial charge in [-0.3, -0.25) is 0 Å². The second kappa shape index (κ2) is 5.09. The highest BCUT2D eigenvalue weighted by molar-refractivity contribution is 5.89. The van der Waals surface area contributed by atoms with Crippen LogP contribution in [0.5, 0.6) is 0 Å². The fourth-order valence-corrected chi connectivity index (χ4v) is 1.68. The van der Waals surface area contributed by atoms with Crippen molar-refractivity contribution >= 4 is 5.97 Å². The van der Waals surface area contributed by atoms with Gasteiger partial charge >= 0.3 is 5.97 Å². The van der Waals surface area contributed by atoms with Crippen LogP contribution in [0.1, 0.15) is 23.2 Å². The summed E-state index contributed by atoms with van der Waals surface area (Å²) < 4.78 is 10.5. The van der Waals surface area contributed by atoms with E-state index >= 15 is 0 Å². The van der Waals surface area contributed by atoms with Gasteiger partial charge < -0.3 is 15.2 Å². The second-order valence-corrected chi connectivity index (χ2v) is 3.79. The predicted octanol–water partition coefficient (Wildman–Crippen LogP) is 1.31. The van der Waals surface area contributed by atoms with E-state index in [2.05, 4.69) is 0 Å². The number of esters is 1. The van der Waals surface area contributed by atoms with Crippen molar-refractivity contribution in [3.05, 3.63) is 35.9 Å². The van der Waals surface area contributed by atoms with E-state index in [-0.39, 0.29) is 12.1 Å². The van der Waals surface area contributed by atoms with Crippen molar-refractivity contribution in [3.8, 4) is 0 Å². The van der Waals surface area contributed by atoms with Crippen LogP contribution >= 0.6 is 0 Å². The van der Waals surface area contributed by atoms with Crippen molar-refractivity contribution in [1.29, 1.82) is 0 Å². The Hall–Kier alpha value is -1.39. The normalized spacial score (nSPS) is 25.1. The molecule has 1 heterocycles. The zero-order valence-corrected chi connectivity index (χ0v) is 8.96. The van der Waals surface area contributed by atoms with Crippen molar-refractivity contribution in [2.24, 2.45) is 5.73 Å². The molecule has 0 aliphatic carbocycles. The van der Waals surface area contributed by atoms with Crippen LogP contribution < -0.4 is 5.73 Å². The van der Waals surface area contributed by atoms with E-state index in [0.29, 0.717) is 12.2 Å². The number of hydrogen-bond donors (Lipinski definition) is 1. The lowest BCUT2D eigenvalue weighted by molar-refractivity contribution is -0.0806. The third-order valence-corrected chi connectivity index (χ3v) is 2.58. The largest absolute Gasteiger partial charge is 0.455 e. The average Bonchev–Trinajstić information content (AvgIpc) is 2.33. The predicted molar refractivity (Wildman–Crippen MR) is 58.8 cm³/mol. The molecule has 2 atom stereocenters. The summed E-state index contributed by atoms with van der Waals surface area (Å²) in [5.74, 6) is -0.341. The summed E-state index contributed by atoms with van der Waals surface area (Å²) in [5.41, 5.74) is 6.25. The van der Waals surface area contributed by atoms with Crippen LogP contribution in [0.25, 0.3) is 0 Å². The van der Waals surface area contributed by atoms with Gasteiger partial charge in [-0.15, -0.1) is 0 Å². The Morgan fingerprint density at radius 3 is 2.81 bits per heavy atom. The minimum Gasteiger partial charge on any atom is -0.455 e. The molecule has 1 saturated heterocycles. The molecule has 16 heavy (non-hydrogen) atoms. The standard InChI is InChI=1S/C12H15NO3/c13-11-10(7-4-8-15-11)16-12(14)9-5-2-1-3-6-9/h1-3,5-6,10-11H,4,7-8,13H2. The van der Waals surface area contributed by atoms with Gasteiger partial charge in [0.25, 0.3) is 0 Å². The van der Waals surface area contributed by atoms with Gasteiger partial charge in [-0.2, -0.15) is 0 Å². The molecule has 0 amide bonds. The smallest absolute Gasteiger partial charge is 0.338 e. The van der Waals surface area contributed by atoms with E-state index in [1.54, 1.807) is 24.3 Å². The minimum absolute atomic E-state index is 0.332. The Kier molecular flexibility index (Phi) is 3.54. The number of nitrogens with two attached hydrogens (primary N) is 1. The summed E-state index contributed by atoms with van der Waals surface area (Å²) in [6.07, 6.45) is 0.808. The molecule has 2 unspecified atom stereocenters. The highest BCUT2D eigenvalue weighted by atomic mass is 16.6. The van der Waals surface area contributed by atoms with E-state index in [4.69, 9.17) is 15.2 Å². The molecule has 2 rings (SSSR count). The van der Waals surface area contributed by atoms with Crippen molar-refractivity contribution < 1.29 is 14.3 Å². The molecular formula is C12H15NO3. The van der Waals surface area contributed by atoms with Crippen molar-refractivity contribution in [3.63, 3.8) is 0 Å². The lowest BCUT2D eigenvalue weighted by atomic mass is 10.1. The van der Waals surface area contributed by atoms with Crippen molar-refractivity contribution in [2.45, 2.75) is 25.2 Å². The van der Waals surface area contributed by atoms with Gasteiger partial charge in [0.15, 0.2) is 0 Å². The van der Waals surface area contributed by atoms with Crippen LogP contribution in [-0.2, 0) is 9.47 Å². The van der Waals surface area contributed by atoms with Crippen LogP contribution in [0.4, 0.5) is 0 Å². The Bertz CT molecular complexity index is 353. The molecule has 1 aromatic carbocycles. The number of carbonyl (C=O) groups is 1. The molecule has 1 fully saturated rings. The van der Waals surface area contributed by atoms with Crippen LogP contribution in [0.15, 0.2) is 30.3 Å². The second-order valence-electron chi connectivity index (χ2n) is 3.79. The zero-order valence-electron chi connectivity index (χ0n) is 8.96. The molecular weight excluding hydrogens is 206 g/mol. The topological polar surface area (TPSA) is 61.6 Å². The first-order valence-electron chi connectivity index (χ1n) is 5.40. The summed E-state index contributed by atoms with van der Waals surface area (Å²) in [7, 11) is 0. The molecule has 1 aliphatic heterocycles. The molecule has 0 saturated carbocycles. The zero-order chi connectivity index (χ0) is 11.4. The first-order chi connectivity index (χ1) is 7.77. The monoisotopic (exact) mass is 221 g/mol. The summed E-state index contributed by atoms with van der Waals surface area (Å²) in [6.45, 7) is 0.639. The SMILES string of the molecule is NC1OCCCC1OC(=O)c1ccccc1. The fraction of sp³-hybridized carbons (Fsp3) is 0.417. The number of ether oxygens (including phenoxy) is 2. The van der Waals surface area contributed by atoms with Crippen molar-refractivity contribution in [1.82, 2.24) is 0 Å². The fourth-order valence-electron chi connectivity index (χ4n) is 1.68. The maximum absolute atomic E-state index is 11.7. The molecule has 2 N–H and O–H groups in total. The Labute approximate surface area is 94.3 Å². The van der Waals surface area contributed by atoms with Gasteiger partial charge in [0.2, 0.25) is 0 Å². The van der Waals surface area contributed by atoms with E-state index in [1.807, 2.05) is 6.07 Å². The van der Waals surface area contributed by atoms with Crippen LogP contribution in [0.3, 0.4) is 0 Å². The molecule has 1 aliphatic rings. The third kappa shape index (κ3) is 2.59. The number of rotatable bonds is 2. The average molecular weight is 221 g/mol. The van der Waals surface area contributed by atoms with Gasteiger partial charge in [-0.05, 0) is 25.0 Å². The first kappa shape index (κ1) is 11.1. The number of hydrogen-bond acceptors (Lipinski definition) is 4. The van der Waals surface area contributed by atoms with Gasteiger partial charge in [0, 0.05) is 6.61 Å². The highest BCUT2D eigenvalue weighted by Crippen LogP contribution is 2.15. The van der Waals surface area contributed by atoms with Crippen LogP contribution in [0, 0.1) is 0 Å². The Morgan fingerprint density at radius 2 is 2.12 bits per heavy atom. The molecule has 0 aromatic heterocycles. The quantitative estimate of drug-likeness (QED) is 0.765. The molecule has 1 aromatic rings. The molecule has 4 heteroatoms. The maximum atomic E-state index is 11.7. The lowest BCUT2D eigenvalue weighted by Gasteiger charge is -2.28. The summed E-state index contributed by atoms with van der Waals surface area (Å²) >= 11 is 0. The van der Waals surface area contributed by atoms with Crippen molar-refractivity contribution in [2.75, 3.05) is 6.61 Å². The maximum Gasteiger partial charge on any atom is 0.338 e. The third-order valence-electron chi connectivity index (χ3n) is 2.58. The number of benzene rings is 1. The van der Waals surface area contributed by atoms with Crippen LogP contribution in [-0.4, -0.2) is 24.9 Å². The molecule has 4 nitrogen and oxygen atoms in total. The summed E-state index contributed by atoms with van der Waals surface area (Å²) in [4.78, 5) is 11.7. The Morgan fingerprint density at radius 1 is 1.38 bits per heavy atom. The van der Waals surface area contributed by atoms with E-state index in [0.717, 1.165) is 12.8 Å². The molecule has 0 bridgehead atoms. The van der Waals surface area contributed by atoms with E-state index in [9.17, 15) is 4.79 Å². The summed E-state index contributed by atoms with van der Waals surface area (Å²) in [6, 6.07) is 8.89. The molecule has 0 spiro atoms. The summed E-state index contributed by atoms with van der Waals surface area (Å²) in [5, 5.41) is 0. The minimum atomic E-state index is -0.499. The molecule has 0 radical (unpaired) electrons. The van der Waals surface area contributed by atoms with Crippen LogP contribution in [0.2, 0.25) is 0 Å².